The maximum atomic E-state index is 13.9. The number of carbonyl (C=O) groups excluding carboxylic acids is 1. The number of rotatable bonds is 6. The summed E-state index contributed by atoms with van der Waals surface area (Å²) < 4.78 is 35.2. The van der Waals surface area contributed by atoms with E-state index in [0.717, 1.165) is 11.1 Å². The number of carbonyl (C=O) groups is 1. The van der Waals surface area contributed by atoms with Crippen molar-refractivity contribution in [2.45, 2.75) is 63.2 Å². The fourth-order valence-corrected chi connectivity index (χ4v) is 8.02. The number of piperazine rings is 1. The Morgan fingerprint density at radius 3 is 2.59 bits per heavy atom. The van der Waals surface area contributed by atoms with E-state index in [2.05, 4.69) is 10.3 Å². The zero-order valence-corrected chi connectivity index (χ0v) is 24.5. The third kappa shape index (κ3) is 5.60. The second-order valence-corrected chi connectivity index (χ2v) is 13.0. The van der Waals surface area contributed by atoms with Gasteiger partial charge in [0.25, 0.3) is 0 Å². The second-order valence-electron chi connectivity index (χ2n) is 10.4. The van der Waals surface area contributed by atoms with Crippen molar-refractivity contribution in [2.75, 3.05) is 19.6 Å². The molecule has 2 aliphatic rings. The molecule has 11 heteroatoms. The van der Waals surface area contributed by atoms with Crippen LogP contribution < -0.4 is 10.1 Å². The largest absolute Gasteiger partial charge is 0.487 e. The van der Waals surface area contributed by atoms with E-state index in [4.69, 9.17) is 27.9 Å². The lowest BCUT2D eigenvalue weighted by Crippen LogP contribution is -2.59. The van der Waals surface area contributed by atoms with Crippen LogP contribution in [0.5, 0.6) is 5.75 Å². The molecule has 0 saturated carbocycles. The number of hydrogen-bond acceptors (Lipinski definition) is 6. The van der Waals surface area contributed by atoms with E-state index in [9.17, 15) is 13.2 Å². The Morgan fingerprint density at radius 1 is 1.10 bits per heavy atom. The summed E-state index contributed by atoms with van der Waals surface area (Å²) >= 11 is 13.2. The number of hydrogen-bond donors (Lipinski definition) is 1. The van der Waals surface area contributed by atoms with Gasteiger partial charge in [0.1, 0.15) is 28.8 Å². The summed E-state index contributed by atoms with van der Waals surface area (Å²) in [6.45, 7) is 7.23. The molecule has 2 aromatic carbocycles. The van der Waals surface area contributed by atoms with Gasteiger partial charge in [-0.2, -0.15) is 4.31 Å². The normalized spacial score (nSPS) is 22.4. The molecule has 3 aromatic rings. The van der Waals surface area contributed by atoms with E-state index in [0.29, 0.717) is 47.8 Å². The molecule has 1 aromatic heterocycles. The summed E-state index contributed by atoms with van der Waals surface area (Å²) in [5.41, 5.74) is 1.90. The number of aromatic nitrogens is 1. The number of amides is 1. The Balaban J connectivity index is 1.41. The lowest BCUT2D eigenvalue weighted by Gasteiger charge is -2.38. The Hall–Kier alpha value is -2.43. The minimum atomic E-state index is -4.08. The van der Waals surface area contributed by atoms with Gasteiger partial charge in [0.15, 0.2) is 0 Å². The molecule has 2 saturated heterocycles. The first-order valence-electron chi connectivity index (χ1n) is 13.1. The number of benzene rings is 2. The number of aryl methyl sites for hydroxylation is 1. The summed E-state index contributed by atoms with van der Waals surface area (Å²) in [5, 5.41) is 4.61. The summed E-state index contributed by atoms with van der Waals surface area (Å²) in [6.07, 6.45) is 1.07. The highest BCUT2D eigenvalue weighted by Gasteiger charge is 2.43. The van der Waals surface area contributed by atoms with Crippen molar-refractivity contribution < 1.29 is 17.9 Å². The molecule has 2 fully saturated rings. The van der Waals surface area contributed by atoms with E-state index in [1.54, 1.807) is 11.0 Å². The average molecular weight is 592 g/mol. The molecule has 8 nitrogen and oxygen atoms in total. The zero-order valence-electron chi connectivity index (χ0n) is 22.2. The topological polar surface area (TPSA) is 91.8 Å². The van der Waals surface area contributed by atoms with E-state index in [-0.39, 0.29) is 41.1 Å². The van der Waals surface area contributed by atoms with Crippen molar-refractivity contribution in [1.29, 1.82) is 0 Å². The Labute approximate surface area is 239 Å². The maximum Gasteiger partial charge on any atom is 0.245 e. The number of ether oxygens (including phenoxy) is 1. The van der Waals surface area contributed by atoms with Gasteiger partial charge in [0.2, 0.25) is 15.9 Å². The van der Waals surface area contributed by atoms with Crippen LogP contribution in [0.4, 0.5) is 0 Å². The van der Waals surface area contributed by atoms with Crippen LogP contribution >= 0.6 is 23.2 Å². The third-order valence-electron chi connectivity index (χ3n) is 7.29. The monoisotopic (exact) mass is 590 g/mol. The van der Waals surface area contributed by atoms with Crippen LogP contribution in [-0.4, -0.2) is 66.3 Å². The quantitative estimate of drug-likeness (QED) is 0.444. The first kappa shape index (κ1) is 28.1. The van der Waals surface area contributed by atoms with Gasteiger partial charge in [-0.25, -0.2) is 13.4 Å². The Bertz CT molecular complexity index is 1510. The van der Waals surface area contributed by atoms with Crippen molar-refractivity contribution in [3.05, 3.63) is 63.8 Å². The number of nitrogens with one attached hydrogen (secondary N) is 1. The lowest BCUT2D eigenvalue weighted by atomic mass is 10.1. The van der Waals surface area contributed by atoms with Crippen molar-refractivity contribution in [3.63, 3.8) is 0 Å². The molecule has 1 N–H and O–H groups in total. The fraction of sp³-hybridized carbons (Fsp3) is 0.429. The van der Waals surface area contributed by atoms with Gasteiger partial charge < -0.3 is 15.0 Å². The smallest absolute Gasteiger partial charge is 0.245 e. The van der Waals surface area contributed by atoms with Gasteiger partial charge in [0, 0.05) is 53.4 Å². The van der Waals surface area contributed by atoms with E-state index in [1.807, 2.05) is 45.0 Å². The van der Waals surface area contributed by atoms with Gasteiger partial charge in [-0.1, -0.05) is 41.4 Å². The summed E-state index contributed by atoms with van der Waals surface area (Å²) in [5.74, 6) is 0.380. The minimum absolute atomic E-state index is 0.00519. The number of pyridine rings is 1. The third-order valence-corrected chi connectivity index (χ3v) is 10.1. The zero-order chi connectivity index (χ0) is 27.9. The first-order chi connectivity index (χ1) is 18.6. The Morgan fingerprint density at radius 2 is 1.85 bits per heavy atom. The van der Waals surface area contributed by atoms with Crippen molar-refractivity contribution in [2.24, 2.45) is 0 Å². The average Bonchev–Trinajstić information content (AvgIpc) is 3.38. The van der Waals surface area contributed by atoms with Crippen LogP contribution in [0, 0.1) is 6.92 Å². The molecule has 39 heavy (non-hydrogen) atoms. The molecule has 3 atom stereocenters. The molecule has 0 bridgehead atoms. The van der Waals surface area contributed by atoms with Crippen LogP contribution in [0.25, 0.3) is 10.9 Å². The fourth-order valence-electron chi connectivity index (χ4n) is 5.51. The highest BCUT2D eigenvalue weighted by Crippen LogP contribution is 2.37. The van der Waals surface area contributed by atoms with Crippen molar-refractivity contribution >= 4 is 50.0 Å². The lowest BCUT2D eigenvalue weighted by molar-refractivity contribution is -0.136. The SMILES string of the molecule is Cc1ccc2cccc(OCc3c(Cl)ccc(S(=O)(=O)N4CCC[C@H]4C(=O)N4CC(C)NC(C)C4)c3Cl)c2n1. The van der Waals surface area contributed by atoms with Crippen molar-refractivity contribution in [1.82, 2.24) is 19.5 Å². The number of sulfonamides is 1. The highest BCUT2D eigenvalue weighted by molar-refractivity contribution is 7.89. The predicted molar refractivity (Wildman–Crippen MR) is 153 cm³/mol. The summed E-state index contributed by atoms with van der Waals surface area (Å²) in [6, 6.07) is 11.9. The molecule has 2 aliphatic heterocycles. The maximum absolute atomic E-state index is 13.9. The van der Waals surface area contributed by atoms with Crippen LogP contribution in [-0.2, 0) is 21.4 Å². The van der Waals surface area contributed by atoms with Crippen LogP contribution in [0.3, 0.4) is 0 Å². The molecular weight excluding hydrogens is 559 g/mol. The summed E-state index contributed by atoms with van der Waals surface area (Å²) in [7, 11) is -4.08. The molecule has 2 unspecified atom stereocenters. The number of fused-ring (bicyclic) bond motifs is 1. The summed E-state index contributed by atoms with van der Waals surface area (Å²) in [4.78, 5) is 19.8. The molecule has 3 heterocycles. The molecule has 0 aliphatic carbocycles. The van der Waals surface area contributed by atoms with Gasteiger partial charge in [-0.15, -0.1) is 0 Å². The standard InChI is InChI=1S/C28H32Cl2N4O4S/c1-17-9-10-20-6-4-8-24(27(20)32-17)38-16-21-22(29)11-12-25(26(21)30)39(36,37)34-13-5-7-23(34)28(35)33-14-18(2)31-19(3)15-33/h4,6,8-12,18-19,23,31H,5,7,13-16H2,1-3H3/t18?,19?,23-/m0/s1. The minimum Gasteiger partial charge on any atom is -0.487 e. The van der Waals surface area contributed by atoms with E-state index >= 15 is 0 Å². The van der Waals surface area contributed by atoms with Gasteiger partial charge in [0.05, 0.1) is 5.02 Å². The highest BCUT2D eigenvalue weighted by atomic mass is 35.5. The molecule has 208 valence electrons. The van der Waals surface area contributed by atoms with Gasteiger partial charge >= 0.3 is 0 Å². The number of para-hydroxylation sites is 1. The van der Waals surface area contributed by atoms with E-state index in [1.165, 1.54) is 16.4 Å². The first-order valence-corrected chi connectivity index (χ1v) is 15.3. The van der Waals surface area contributed by atoms with Crippen LogP contribution in [0.2, 0.25) is 10.0 Å². The molecule has 0 radical (unpaired) electrons. The predicted octanol–water partition coefficient (Wildman–Crippen LogP) is 4.79. The number of halogens is 2. The number of nitrogens with zero attached hydrogens (tertiary/aromatic N) is 3. The van der Waals surface area contributed by atoms with Gasteiger partial charge in [-0.3, -0.25) is 4.79 Å². The molecule has 1 amide bonds. The van der Waals surface area contributed by atoms with Gasteiger partial charge in [-0.05, 0) is 57.9 Å². The van der Waals surface area contributed by atoms with E-state index < -0.39 is 16.1 Å². The Kier molecular flexibility index (Phi) is 8.08. The second kappa shape index (κ2) is 11.2. The molecular formula is C28H32Cl2N4O4S. The van der Waals surface area contributed by atoms with Crippen molar-refractivity contribution in [3.8, 4) is 5.75 Å². The van der Waals surface area contributed by atoms with Crippen LogP contribution in [0.15, 0.2) is 47.4 Å². The molecule has 0 spiro atoms. The molecule has 5 rings (SSSR count). The van der Waals surface area contributed by atoms with Crippen LogP contribution in [0.1, 0.15) is 37.9 Å².